The molecule has 3 rings (SSSR count). The van der Waals surface area contributed by atoms with Gasteiger partial charge < -0.3 is 10.0 Å². The molecule has 2 aromatic heterocycles. The number of amides is 1. The molecule has 1 atom stereocenters. The van der Waals surface area contributed by atoms with Gasteiger partial charge in [-0.05, 0) is 25.0 Å². The van der Waals surface area contributed by atoms with Crippen LogP contribution in [0.2, 0.25) is 0 Å². The molecular formula is C18H21N3O2S. The Morgan fingerprint density at radius 2 is 2.08 bits per heavy atom. The van der Waals surface area contributed by atoms with Crippen LogP contribution in [0, 0.1) is 6.92 Å². The zero-order chi connectivity index (χ0) is 17.3. The van der Waals surface area contributed by atoms with Crippen LogP contribution in [0.3, 0.4) is 0 Å². The molecule has 0 aliphatic heterocycles. The number of fused-ring (bicyclic) bond motifs is 1. The molecular weight excluding hydrogens is 322 g/mol. The van der Waals surface area contributed by atoms with Gasteiger partial charge >= 0.3 is 0 Å². The standard InChI is InChI=1S/C18H21N3O2S/c1-12-14-11-16(24-18(14)21(3)19-12)17(23)20(2)10-9-15(22)13-7-5-4-6-8-13/h4-8,11,15,22H,9-10H2,1-3H3. The Balaban J connectivity index is 1.66. The average molecular weight is 343 g/mol. The summed E-state index contributed by atoms with van der Waals surface area (Å²) in [6.45, 7) is 2.45. The first-order valence-electron chi connectivity index (χ1n) is 7.89. The van der Waals surface area contributed by atoms with E-state index in [1.165, 1.54) is 11.3 Å². The number of aliphatic hydroxyl groups is 1. The highest BCUT2D eigenvalue weighted by Crippen LogP contribution is 2.28. The van der Waals surface area contributed by atoms with Gasteiger partial charge in [-0.1, -0.05) is 30.3 Å². The summed E-state index contributed by atoms with van der Waals surface area (Å²) >= 11 is 1.46. The minimum absolute atomic E-state index is 0.0177. The number of aryl methyl sites for hydroxylation is 2. The molecule has 0 aliphatic carbocycles. The van der Waals surface area contributed by atoms with Crippen LogP contribution < -0.4 is 0 Å². The number of nitrogens with zero attached hydrogens (tertiary/aromatic N) is 3. The number of carbonyl (C=O) groups excluding carboxylic acids is 1. The summed E-state index contributed by atoms with van der Waals surface area (Å²) in [5, 5.41) is 15.6. The number of rotatable bonds is 5. The molecule has 126 valence electrons. The van der Waals surface area contributed by atoms with Crippen molar-refractivity contribution in [1.29, 1.82) is 0 Å². The van der Waals surface area contributed by atoms with Crippen LogP contribution in [-0.4, -0.2) is 39.3 Å². The van der Waals surface area contributed by atoms with E-state index < -0.39 is 6.10 Å². The van der Waals surface area contributed by atoms with E-state index in [2.05, 4.69) is 5.10 Å². The van der Waals surface area contributed by atoms with E-state index in [0.29, 0.717) is 17.8 Å². The Morgan fingerprint density at radius 3 is 2.75 bits per heavy atom. The van der Waals surface area contributed by atoms with Crippen molar-refractivity contribution in [3.8, 4) is 0 Å². The Kier molecular flexibility index (Phi) is 4.69. The maximum absolute atomic E-state index is 12.6. The van der Waals surface area contributed by atoms with Gasteiger partial charge in [0.15, 0.2) is 0 Å². The smallest absolute Gasteiger partial charge is 0.263 e. The summed E-state index contributed by atoms with van der Waals surface area (Å²) in [5.74, 6) is -0.0177. The SMILES string of the molecule is Cc1nn(C)c2sc(C(=O)N(C)CCC(O)c3ccccc3)cc12. The minimum Gasteiger partial charge on any atom is -0.388 e. The first-order chi connectivity index (χ1) is 11.5. The highest BCUT2D eigenvalue weighted by atomic mass is 32.1. The van der Waals surface area contributed by atoms with Crippen LogP contribution in [0.1, 0.15) is 33.5 Å². The number of aromatic nitrogens is 2. The monoisotopic (exact) mass is 343 g/mol. The number of aliphatic hydroxyl groups excluding tert-OH is 1. The van der Waals surface area contributed by atoms with Gasteiger partial charge in [0.05, 0.1) is 16.7 Å². The molecule has 0 aliphatic rings. The molecule has 0 bridgehead atoms. The summed E-state index contributed by atoms with van der Waals surface area (Å²) in [5.41, 5.74) is 1.81. The molecule has 3 aromatic rings. The van der Waals surface area contributed by atoms with Crippen molar-refractivity contribution in [2.45, 2.75) is 19.4 Å². The van der Waals surface area contributed by atoms with E-state index in [1.807, 2.05) is 55.1 Å². The molecule has 1 N–H and O–H groups in total. The zero-order valence-corrected chi connectivity index (χ0v) is 14.9. The Morgan fingerprint density at radius 1 is 1.38 bits per heavy atom. The molecule has 0 saturated heterocycles. The second-order valence-corrected chi connectivity index (χ2v) is 7.01. The Bertz CT molecular complexity index is 819. The normalized spacial score (nSPS) is 12.5. The lowest BCUT2D eigenvalue weighted by molar-refractivity contribution is 0.0766. The van der Waals surface area contributed by atoms with Gasteiger partial charge in [0.1, 0.15) is 4.83 Å². The number of hydrogen-bond acceptors (Lipinski definition) is 4. The summed E-state index contributed by atoms with van der Waals surface area (Å²) in [6, 6.07) is 11.4. The van der Waals surface area contributed by atoms with Crippen molar-refractivity contribution in [2.24, 2.45) is 7.05 Å². The minimum atomic E-state index is -0.560. The number of carbonyl (C=O) groups is 1. The third kappa shape index (κ3) is 3.20. The van der Waals surface area contributed by atoms with Gasteiger partial charge in [0.25, 0.3) is 5.91 Å². The van der Waals surface area contributed by atoms with Gasteiger partial charge in [-0.3, -0.25) is 9.48 Å². The average Bonchev–Trinajstić information content (AvgIpc) is 3.14. The quantitative estimate of drug-likeness (QED) is 0.774. The van der Waals surface area contributed by atoms with E-state index in [0.717, 1.165) is 21.5 Å². The molecule has 1 unspecified atom stereocenters. The van der Waals surface area contributed by atoms with Crippen molar-refractivity contribution >= 4 is 27.5 Å². The molecule has 24 heavy (non-hydrogen) atoms. The molecule has 5 nitrogen and oxygen atoms in total. The van der Waals surface area contributed by atoms with Crippen LogP contribution in [0.25, 0.3) is 10.2 Å². The van der Waals surface area contributed by atoms with Gasteiger partial charge in [0.2, 0.25) is 0 Å². The van der Waals surface area contributed by atoms with Crippen LogP contribution in [0.4, 0.5) is 0 Å². The Labute approximate surface area is 145 Å². The number of hydrogen-bond donors (Lipinski definition) is 1. The van der Waals surface area contributed by atoms with Crippen LogP contribution in [0.5, 0.6) is 0 Å². The molecule has 6 heteroatoms. The maximum Gasteiger partial charge on any atom is 0.263 e. The first kappa shape index (κ1) is 16.7. The maximum atomic E-state index is 12.6. The summed E-state index contributed by atoms with van der Waals surface area (Å²) in [6.07, 6.45) is -0.0483. The van der Waals surface area contributed by atoms with Crippen molar-refractivity contribution < 1.29 is 9.90 Å². The van der Waals surface area contributed by atoms with Crippen LogP contribution in [0.15, 0.2) is 36.4 Å². The summed E-state index contributed by atoms with van der Waals surface area (Å²) in [4.78, 5) is 16.0. The van der Waals surface area contributed by atoms with E-state index in [1.54, 1.807) is 11.9 Å². The zero-order valence-electron chi connectivity index (χ0n) is 14.1. The lowest BCUT2D eigenvalue weighted by atomic mass is 10.1. The molecule has 0 saturated carbocycles. The molecule has 1 aromatic carbocycles. The van der Waals surface area contributed by atoms with E-state index >= 15 is 0 Å². The number of benzene rings is 1. The Hall–Kier alpha value is -2.18. The fraction of sp³-hybridized carbons (Fsp3) is 0.333. The van der Waals surface area contributed by atoms with Gasteiger partial charge in [0, 0.05) is 26.0 Å². The highest BCUT2D eigenvalue weighted by molar-refractivity contribution is 7.20. The molecule has 0 fully saturated rings. The van der Waals surface area contributed by atoms with Crippen LogP contribution >= 0.6 is 11.3 Å². The third-order valence-corrected chi connectivity index (χ3v) is 5.37. The van der Waals surface area contributed by atoms with E-state index in [4.69, 9.17) is 0 Å². The van der Waals surface area contributed by atoms with Crippen molar-refractivity contribution in [3.63, 3.8) is 0 Å². The highest BCUT2D eigenvalue weighted by Gasteiger charge is 2.19. The number of thiophene rings is 1. The fourth-order valence-corrected chi connectivity index (χ4v) is 3.88. The van der Waals surface area contributed by atoms with Crippen molar-refractivity contribution in [3.05, 3.63) is 52.5 Å². The predicted octanol–water partition coefficient (Wildman–Crippen LogP) is 3.14. The molecule has 2 heterocycles. The van der Waals surface area contributed by atoms with Gasteiger partial charge in [-0.25, -0.2) is 0 Å². The predicted molar refractivity (Wildman–Crippen MR) is 96.3 cm³/mol. The largest absolute Gasteiger partial charge is 0.388 e. The van der Waals surface area contributed by atoms with Crippen molar-refractivity contribution in [2.75, 3.05) is 13.6 Å². The van der Waals surface area contributed by atoms with Crippen molar-refractivity contribution in [1.82, 2.24) is 14.7 Å². The lowest BCUT2D eigenvalue weighted by Crippen LogP contribution is -2.28. The topological polar surface area (TPSA) is 58.4 Å². The van der Waals surface area contributed by atoms with Gasteiger partial charge in [-0.15, -0.1) is 11.3 Å². The second kappa shape index (κ2) is 6.75. The van der Waals surface area contributed by atoms with Crippen LogP contribution in [-0.2, 0) is 7.05 Å². The van der Waals surface area contributed by atoms with E-state index in [-0.39, 0.29) is 5.91 Å². The first-order valence-corrected chi connectivity index (χ1v) is 8.70. The van der Waals surface area contributed by atoms with E-state index in [9.17, 15) is 9.90 Å². The lowest BCUT2D eigenvalue weighted by Gasteiger charge is -2.18. The molecule has 0 radical (unpaired) electrons. The molecule has 0 spiro atoms. The molecule has 1 amide bonds. The second-order valence-electron chi connectivity index (χ2n) is 5.98. The summed E-state index contributed by atoms with van der Waals surface area (Å²) in [7, 11) is 3.66. The third-order valence-electron chi connectivity index (χ3n) is 4.18. The fourth-order valence-electron chi connectivity index (χ4n) is 2.76. The summed E-state index contributed by atoms with van der Waals surface area (Å²) < 4.78 is 1.81. The van der Waals surface area contributed by atoms with Gasteiger partial charge in [-0.2, -0.15) is 5.10 Å².